The molecule has 12 heavy (non-hydrogen) atoms. The minimum atomic E-state index is 0.985. The van der Waals surface area contributed by atoms with E-state index in [4.69, 9.17) is 4.42 Å². The lowest BCUT2D eigenvalue weighted by molar-refractivity contribution is 0.484. The predicted molar refractivity (Wildman–Crippen MR) is 69.9 cm³/mol. The van der Waals surface area contributed by atoms with Crippen LogP contribution in [0.5, 0.6) is 0 Å². The second kappa shape index (κ2) is 5.09. The first kappa shape index (κ1) is 11.2. The Morgan fingerprint density at radius 1 is 1.33 bits per heavy atom. The van der Waals surface area contributed by atoms with Gasteiger partial charge in [0, 0.05) is 29.0 Å². The zero-order chi connectivity index (χ0) is 9.14. The van der Waals surface area contributed by atoms with Crippen molar-refractivity contribution in [2.75, 3.05) is 5.75 Å². The van der Waals surface area contributed by atoms with Crippen molar-refractivity contribution in [2.45, 2.75) is 25.2 Å². The minimum absolute atomic E-state index is 0.985. The number of rotatable bonds is 3. The highest BCUT2D eigenvalue weighted by Crippen LogP contribution is 2.34. The van der Waals surface area contributed by atoms with E-state index in [1.54, 1.807) is 0 Å². The molecule has 1 aromatic heterocycles. The molecular weight excluding hydrogens is 398 g/mol. The van der Waals surface area contributed by atoms with E-state index in [0.29, 0.717) is 0 Å². The van der Waals surface area contributed by atoms with Gasteiger partial charge in [-0.2, -0.15) is 0 Å². The lowest BCUT2D eigenvalue weighted by Gasteiger charge is -1.93. The van der Waals surface area contributed by atoms with E-state index in [9.17, 15) is 0 Å². The van der Waals surface area contributed by atoms with Gasteiger partial charge in [-0.3, -0.25) is 0 Å². The fraction of sp³-hybridized carbons (Fsp3) is 0.500. The van der Waals surface area contributed by atoms with Crippen LogP contribution in [0, 0.1) is 7.34 Å². The fourth-order valence-electron chi connectivity index (χ4n) is 0.904. The summed E-state index contributed by atoms with van der Waals surface area (Å²) in [6.45, 7) is 4.28. The van der Waals surface area contributed by atoms with Gasteiger partial charge in [-0.1, -0.05) is 13.8 Å². The van der Waals surface area contributed by atoms with Crippen molar-refractivity contribution >= 4 is 56.9 Å². The monoisotopic (exact) mass is 408 g/mol. The molecule has 1 aromatic rings. The highest BCUT2D eigenvalue weighted by atomic mass is 127. The Hall–Kier alpha value is 1.09. The number of hydrogen-bond donors (Lipinski definition) is 0. The molecule has 68 valence electrons. The molecule has 0 bridgehead atoms. The molecule has 1 rings (SSSR count). The highest BCUT2D eigenvalue weighted by Gasteiger charge is 2.14. The van der Waals surface area contributed by atoms with E-state index < -0.39 is 0 Å². The average molecular weight is 408 g/mol. The molecule has 0 radical (unpaired) electrons. The standard InChI is InChI=1S/C8H10I2OS/c1-3-5-6(9)7(12-4-2)8(10)11-5/h3-4H2,1-2H3. The number of hydrogen-bond acceptors (Lipinski definition) is 2. The highest BCUT2D eigenvalue weighted by molar-refractivity contribution is 14.1. The summed E-state index contributed by atoms with van der Waals surface area (Å²) in [5.41, 5.74) is 0. The molecule has 1 nitrogen and oxygen atoms in total. The summed E-state index contributed by atoms with van der Waals surface area (Å²) < 4.78 is 7.95. The van der Waals surface area contributed by atoms with Gasteiger partial charge in [-0.25, -0.2) is 0 Å². The first-order valence-electron chi connectivity index (χ1n) is 3.80. The second-order valence-corrected chi connectivity index (χ2v) is 5.56. The molecule has 0 saturated heterocycles. The van der Waals surface area contributed by atoms with Crippen LogP contribution in [0.4, 0.5) is 0 Å². The van der Waals surface area contributed by atoms with Crippen LogP contribution in [0.15, 0.2) is 9.31 Å². The molecule has 0 N–H and O–H groups in total. The van der Waals surface area contributed by atoms with Gasteiger partial charge in [0.25, 0.3) is 0 Å². The maximum atomic E-state index is 5.61. The lowest BCUT2D eigenvalue weighted by Crippen LogP contribution is -1.79. The number of thioether (sulfide) groups is 1. The average Bonchev–Trinajstić information content (AvgIpc) is 2.32. The number of halogens is 2. The molecule has 0 saturated carbocycles. The van der Waals surface area contributed by atoms with Crippen molar-refractivity contribution in [1.82, 2.24) is 0 Å². The SMILES string of the molecule is CCSc1c(I)oc(CC)c1I. The van der Waals surface area contributed by atoms with Gasteiger partial charge in [0.05, 0.1) is 8.47 Å². The Morgan fingerprint density at radius 3 is 2.42 bits per heavy atom. The van der Waals surface area contributed by atoms with Gasteiger partial charge in [-0.05, 0) is 28.3 Å². The zero-order valence-corrected chi connectivity index (χ0v) is 12.1. The smallest absolute Gasteiger partial charge is 0.178 e. The van der Waals surface area contributed by atoms with Gasteiger partial charge in [-0.15, -0.1) is 11.8 Å². The molecule has 0 unspecified atom stereocenters. The van der Waals surface area contributed by atoms with Crippen LogP contribution in [0.3, 0.4) is 0 Å². The van der Waals surface area contributed by atoms with E-state index in [1.165, 1.54) is 8.47 Å². The van der Waals surface area contributed by atoms with E-state index >= 15 is 0 Å². The lowest BCUT2D eigenvalue weighted by atomic mass is 10.4. The molecule has 0 aliphatic heterocycles. The van der Waals surface area contributed by atoms with Gasteiger partial charge in [0.1, 0.15) is 5.76 Å². The Morgan fingerprint density at radius 2 is 2.00 bits per heavy atom. The molecular formula is C8H10I2OS. The quantitative estimate of drug-likeness (QED) is 0.551. The fourth-order valence-corrected chi connectivity index (χ4v) is 4.31. The first-order valence-corrected chi connectivity index (χ1v) is 6.94. The molecule has 0 atom stereocenters. The van der Waals surface area contributed by atoms with E-state index in [1.807, 2.05) is 11.8 Å². The summed E-state index contributed by atoms with van der Waals surface area (Å²) in [6.07, 6.45) is 0.985. The number of aryl methyl sites for hydroxylation is 1. The van der Waals surface area contributed by atoms with Gasteiger partial charge in [0.2, 0.25) is 0 Å². The van der Waals surface area contributed by atoms with E-state index in [2.05, 4.69) is 59.0 Å². The molecule has 0 spiro atoms. The van der Waals surface area contributed by atoms with Crippen molar-refractivity contribution in [2.24, 2.45) is 0 Å². The van der Waals surface area contributed by atoms with Gasteiger partial charge < -0.3 is 4.42 Å². The van der Waals surface area contributed by atoms with Crippen LogP contribution in [0.1, 0.15) is 19.6 Å². The van der Waals surface area contributed by atoms with Crippen molar-refractivity contribution in [1.29, 1.82) is 0 Å². The predicted octanol–water partition coefficient (Wildman–Crippen LogP) is 4.16. The molecule has 4 heteroatoms. The van der Waals surface area contributed by atoms with Crippen molar-refractivity contribution in [3.63, 3.8) is 0 Å². The van der Waals surface area contributed by atoms with Crippen LogP contribution >= 0.6 is 56.9 Å². The summed E-state index contributed by atoms with van der Waals surface area (Å²) in [5.74, 6) is 2.23. The molecule has 0 aromatic carbocycles. The minimum Gasteiger partial charge on any atom is -0.453 e. The summed E-state index contributed by atoms with van der Waals surface area (Å²) >= 11 is 6.48. The molecule has 0 amide bonds. The Kier molecular flexibility index (Phi) is 4.74. The topological polar surface area (TPSA) is 13.1 Å². The van der Waals surface area contributed by atoms with Crippen molar-refractivity contribution < 1.29 is 4.42 Å². The van der Waals surface area contributed by atoms with Crippen LogP contribution in [-0.4, -0.2) is 5.75 Å². The molecule has 1 heterocycles. The third-order valence-corrected chi connectivity index (χ3v) is 5.04. The van der Waals surface area contributed by atoms with Crippen molar-refractivity contribution in [3.05, 3.63) is 13.1 Å². The van der Waals surface area contributed by atoms with Crippen LogP contribution in [-0.2, 0) is 6.42 Å². The summed E-state index contributed by atoms with van der Waals surface area (Å²) in [5, 5.41) is 0. The molecule has 0 aliphatic carbocycles. The van der Waals surface area contributed by atoms with E-state index in [0.717, 1.165) is 21.7 Å². The number of furan rings is 1. The maximum Gasteiger partial charge on any atom is 0.178 e. The molecule has 0 aliphatic rings. The third-order valence-electron chi connectivity index (χ3n) is 1.45. The maximum absolute atomic E-state index is 5.61. The van der Waals surface area contributed by atoms with Crippen LogP contribution < -0.4 is 0 Å². The molecule has 0 fully saturated rings. The largest absolute Gasteiger partial charge is 0.453 e. The zero-order valence-electron chi connectivity index (χ0n) is 6.99. The van der Waals surface area contributed by atoms with Crippen LogP contribution in [0.25, 0.3) is 0 Å². The second-order valence-electron chi connectivity index (χ2n) is 2.23. The Labute approximate surface area is 104 Å². The van der Waals surface area contributed by atoms with E-state index in [-0.39, 0.29) is 0 Å². The van der Waals surface area contributed by atoms with Gasteiger partial charge >= 0.3 is 0 Å². The van der Waals surface area contributed by atoms with Crippen molar-refractivity contribution in [3.8, 4) is 0 Å². The normalized spacial score (nSPS) is 10.7. The Bertz CT molecular complexity index is 270. The Balaban J connectivity index is 3.01. The summed E-state index contributed by atoms with van der Waals surface area (Å²) in [7, 11) is 0. The third kappa shape index (κ3) is 2.31. The van der Waals surface area contributed by atoms with Gasteiger partial charge in [0.15, 0.2) is 3.77 Å². The van der Waals surface area contributed by atoms with Crippen LogP contribution in [0.2, 0.25) is 0 Å². The summed E-state index contributed by atoms with van der Waals surface area (Å²) in [4.78, 5) is 1.32. The summed E-state index contributed by atoms with van der Waals surface area (Å²) in [6, 6.07) is 0. The first-order chi connectivity index (χ1) is 5.70.